The molecule has 14 heavy (non-hydrogen) atoms. The van der Waals surface area contributed by atoms with Gasteiger partial charge in [-0.25, -0.2) is 4.39 Å². The fraction of sp³-hybridized carbons (Fsp3) is 0.222. The molecule has 0 saturated carbocycles. The molecule has 2 atom stereocenters. The van der Waals surface area contributed by atoms with E-state index in [9.17, 15) is 9.18 Å². The number of aliphatic carboxylic acids is 1. The Morgan fingerprint density at radius 3 is 2.57 bits per heavy atom. The van der Waals surface area contributed by atoms with E-state index in [1.165, 1.54) is 12.1 Å². The number of hydrogen-bond donors (Lipinski definition) is 1. The number of carboxylic acids is 1. The van der Waals surface area contributed by atoms with Crippen molar-refractivity contribution >= 4 is 37.8 Å². The number of rotatable bonds is 3. The second kappa shape index (κ2) is 4.89. The van der Waals surface area contributed by atoms with Crippen LogP contribution in [0.4, 0.5) is 4.39 Å². The van der Waals surface area contributed by atoms with Crippen LogP contribution in [0.3, 0.4) is 0 Å². The number of benzene rings is 1. The zero-order chi connectivity index (χ0) is 10.7. The molecule has 0 radical (unpaired) electrons. The van der Waals surface area contributed by atoms with E-state index in [1.807, 2.05) is 0 Å². The summed E-state index contributed by atoms with van der Waals surface area (Å²) in [4.78, 5) is 9.41. The van der Waals surface area contributed by atoms with E-state index in [0.717, 1.165) is 0 Å². The van der Waals surface area contributed by atoms with Gasteiger partial charge in [0.2, 0.25) is 0 Å². The van der Waals surface area contributed by atoms with Crippen molar-refractivity contribution in [1.82, 2.24) is 0 Å². The van der Waals surface area contributed by atoms with Crippen molar-refractivity contribution in [1.29, 1.82) is 0 Å². The Labute approximate surface area is 97.4 Å². The molecule has 2 nitrogen and oxygen atoms in total. The SMILES string of the molecule is O=C(O)[C@@H](Br)[C@@H](Br)c1cccc(F)c1. The largest absolute Gasteiger partial charge is 0.480 e. The van der Waals surface area contributed by atoms with Gasteiger partial charge in [0.15, 0.2) is 0 Å². The summed E-state index contributed by atoms with van der Waals surface area (Å²) in [6.07, 6.45) is 0. The van der Waals surface area contributed by atoms with E-state index in [1.54, 1.807) is 12.1 Å². The fourth-order valence-corrected chi connectivity index (χ4v) is 1.79. The molecule has 0 bridgehead atoms. The van der Waals surface area contributed by atoms with Gasteiger partial charge in [-0.15, -0.1) is 0 Å². The molecular weight excluding hydrogens is 319 g/mol. The first-order valence-corrected chi connectivity index (χ1v) is 5.62. The number of alkyl halides is 2. The van der Waals surface area contributed by atoms with Gasteiger partial charge >= 0.3 is 5.97 Å². The molecule has 0 unspecified atom stereocenters. The molecule has 0 aliphatic carbocycles. The van der Waals surface area contributed by atoms with Gasteiger partial charge in [-0.1, -0.05) is 44.0 Å². The summed E-state index contributed by atoms with van der Waals surface area (Å²) >= 11 is 6.19. The summed E-state index contributed by atoms with van der Waals surface area (Å²) in [7, 11) is 0. The van der Waals surface area contributed by atoms with E-state index >= 15 is 0 Å². The smallest absolute Gasteiger partial charge is 0.318 e. The Balaban J connectivity index is 2.89. The van der Waals surface area contributed by atoms with Crippen LogP contribution in [0.15, 0.2) is 24.3 Å². The lowest BCUT2D eigenvalue weighted by Crippen LogP contribution is -2.17. The van der Waals surface area contributed by atoms with Gasteiger partial charge in [0.1, 0.15) is 10.6 Å². The van der Waals surface area contributed by atoms with E-state index in [0.29, 0.717) is 5.56 Å². The minimum Gasteiger partial charge on any atom is -0.480 e. The first-order valence-electron chi connectivity index (χ1n) is 3.79. The Kier molecular flexibility index (Phi) is 4.07. The van der Waals surface area contributed by atoms with Crippen LogP contribution in [0.5, 0.6) is 0 Å². The van der Waals surface area contributed by atoms with Crippen LogP contribution >= 0.6 is 31.9 Å². The third kappa shape index (κ3) is 2.78. The van der Waals surface area contributed by atoms with Crippen molar-refractivity contribution in [3.63, 3.8) is 0 Å². The van der Waals surface area contributed by atoms with Crippen LogP contribution in [-0.2, 0) is 4.79 Å². The monoisotopic (exact) mass is 324 g/mol. The maximum atomic E-state index is 12.8. The van der Waals surface area contributed by atoms with Crippen LogP contribution < -0.4 is 0 Å². The summed E-state index contributed by atoms with van der Waals surface area (Å²) in [6, 6.07) is 5.82. The summed E-state index contributed by atoms with van der Waals surface area (Å²) < 4.78 is 12.8. The van der Waals surface area contributed by atoms with Gasteiger partial charge in [0.05, 0.1) is 4.83 Å². The predicted molar refractivity (Wildman–Crippen MR) is 58.4 cm³/mol. The summed E-state index contributed by atoms with van der Waals surface area (Å²) in [5.74, 6) is -1.37. The highest BCUT2D eigenvalue weighted by Crippen LogP contribution is 2.31. The minimum atomic E-state index is -0.990. The van der Waals surface area contributed by atoms with Gasteiger partial charge in [-0.3, -0.25) is 4.79 Å². The number of halogens is 3. The van der Waals surface area contributed by atoms with Gasteiger partial charge in [0, 0.05) is 0 Å². The Morgan fingerprint density at radius 2 is 2.07 bits per heavy atom. The number of carbonyl (C=O) groups is 1. The van der Waals surface area contributed by atoms with Crippen LogP contribution in [0, 0.1) is 5.82 Å². The lowest BCUT2D eigenvalue weighted by atomic mass is 10.1. The summed E-state index contributed by atoms with van der Waals surface area (Å²) in [6.45, 7) is 0. The van der Waals surface area contributed by atoms with Crippen LogP contribution in [0.25, 0.3) is 0 Å². The lowest BCUT2D eigenvalue weighted by Gasteiger charge is -2.12. The Bertz CT molecular complexity index is 343. The molecule has 1 aromatic rings. The molecule has 0 aliphatic rings. The minimum absolute atomic E-state index is 0.378. The van der Waals surface area contributed by atoms with Crippen molar-refractivity contribution in [2.24, 2.45) is 0 Å². The summed E-state index contributed by atoms with van der Waals surface area (Å²) in [5, 5.41) is 8.71. The van der Waals surface area contributed by atoms with Gasteiger partial charge in [-0.2, -0.15) is 0 Å². The highest BCUT2D eigenvalue weighted by atomic mass is 79.9. The quantitative estimate of drug-likeness (QED) is 0.867. The maximum Gasteiger partial charge on any atom is 0.318 e. The summed E-state index contributed by atoms with van der Waals surface area (Å²) in [5.41, 5.74) is 0.592. The number of carboxylic acid groups (broad SMARTS) is 1. The first-order chi connectivity index (χ1) is 6.52. The third-order valence-electron chi connectivity index (χ3n) is 1.66. The molecule has 0 amide bonds. The van der Waals surface area contributed by atoms with Crippen molar-refractivity contribution in [2.45, 2.75) is 9.65 Å². The average molecular weight is 326 g/mol. The molecule has 1 rings (SSSR count). The second-order valence-corrected chi connectivity index (χ2v) is 4.67. The topological polar surface area (TPSA) is 37.3 Å². The average Bonchev–Trinajstić information content (AvgIpc) is 2.15. The molecule has 76 valence electrons. The molecular formula is C9H7Br2FO2. The first kappa shape index (κ1) is 11.7. The molecule has 5 heteroatoms. The van der Waals surface area contributed by atoms with E-state index in [2.05, 4.69) is 31.9 Å². The fourth-order valence-electron chi connectivity index (χ4n) is 0.972. The van der Waals surface area contributed by atoms with E-state index in [4.69, 9.17) is 5.11 Å². The Morgan fingerprint density at radius 1 is 1.43 bits per heavy atom. The standard InChI is InChI=1S/C9H7Br2FO2/c10-7(8(11)9(13)14)5-2-1-3-6(12)4-5/h1-4,7-8H,(H,13,14)/t7-,8-/m0/s1. The van der Waals surface area contributed by atoms with Crippen molar-refractivity contribution in [3.8, 4) is 0 Å². The van der Waals surface area contributed by atoms with Gasteiger partial charge < -0.3 is 5.11 Å². The maximum absolute atomic E-state index is 12.8. The van der Waals surface area contributed by atoms with E-state index in [-0.39, 0.29) is 5.82 Å². The van der Waals surface area contributed by atoms with E-state index < -0.39 is 15.6 Å². The normalized spacial score (nSPS) is 14.8. The molecule has 1 aromatic carbocycles. The highest BCUT2D eigenvalue weighted by Gasteiger charge is 2.24. The molecule has 0 heterocycles. The molecule has 0 spiro atoms. The highest BCUT2D eigenvalue weighted by molar-refractivity contribution is 9.12. The lowest BCUT2D eigenvalue weighted by molar-refractivity contribution is -0.136. The second-order valence-electron chi connectivity index (χ2n) is 2.70. The zero-order valence-corrected chi connectivity index (χ0v) is 10.1. The van der Waals surface area contributed by atoms with Gasteiger partial charge in [0.25, 0.3) is 0 Å². The van der Waals surface area contributed by atoms with Crippen molar-refractivity contribution in [2.75, 3.05) is 0 Å². The van der Waals surface area contributed by atoms with Crippen molar-refractivity contribution < 1.29 is 14.3 Å². The number of hydrogen-bond acceptors (Lipinski definition) is 1. The molecule has 0 aliphatic heterocycles. The van der Waals surface area contributed by atoms with Crippen LogP contribution in [-0.4, -0.2) is 15.9 Å². The molecule has 0 saturated heterocycles. The van der Waals surface area contributed by atoms with Crippen LogP contribution in [0.2, 0.25) is 0 Å². The molecule has 1 N–H and O–H groups in total. The van der Waals surface area contributed by atoms with Gasteiger partial charge in [-0.05, 0) is 17.7 Å². The predicted octanol–water partition coefficient (Wildman–Crippen LogP) is 3.11. The zero-order valence-electron chi connectivity index (χ0n) is 6.95. The Hall–Kier alpha value is -0.420. The molecule has 0 aromatic heterocycles. The third-order valence-corrected chi connectivity index (χ3v) is 4.35. The molecule has 0 fully saturated rings. The van der Waals surface area contributed by atoms with Crippen LogP contribution in [0.1, 0.15) is 10.4 Å². The van der Waals surface area contributed by atoms with Crippen molar-refractivity contribution in [3.05, 3.63) is 35.6 Å².